The summed E-state index contributed by atoms with van der Waals surface area (Å²) in [5, 5.41) is 8.05. The average Bonchev–Trinajstić information content (AvgIpc) is 3.60. The van der Waals surface area contributed by atoms with Crippen LogP contribution in [0.25, 0.3) is 5.69 Å². The summed E-state index contributed by atoms with van der Waals surface area (Å²) in [6.07, 6.45) is 6.68. The Bertz CT molecular complexity index is 1140. The molecule has 1 unspecified atom stereocenters. The molecule has 0 N–H and O–H groups in total. The fourth-order valence-corrected chi connectivity index (χ4v) is 3.71. The first kappa shape index (κ1) is 19.0. The summed E-state index contributed by atoms with van der Waals surface area (Å²) >= 11 is 0. The van der Waals surface area contributed by atoms with E-state index in [0.717, 1.165) is 24.2 Å². The van der Waals surface area contributed by atoms with Crippen LogP contribution in [0.15, 0.2) is 71.9 Å². The number of aromatic nitrogens is 5. The van der Waals surface area contributed by atoms with E-state index in [0.29, 0.717) is 18.1 Å². The summed E-state index contributed by atoms with van der Waals surface area (Å²) < 4.78 is 12.8. The molecule has 1 aromatic carbocycles. The quantitative estimate of drug-likeness (QED) is 0.476. The maximum absolute atomic E-state index is 13.0. The van der Waals surface area contributed by atoms with Gasteiger partial charge in [-0.15, -0.1) is 0 Å². The van der Waals surface area contributed by atoms with Crippen molar-refractivity contribution in [2.75, 3.05) is 6.54 Å². The maximum atomic E-state index is 13.0. The van der Waals surface area contributed by atoms with Crippen molar-refractivity contribution in [2.24, 2.45) is 0 Å². The Labute approximate surface area is 178 Å². The molecular weight excluding hydrogens is 396 g/mol. The van der Waals surface area contributed by atoms with Gasteiger partial charge in [0.1, 0.15) is 25.0 Å². The predicted octanol–water partition coefficient (Wildman–Crippen LogP) is 3.21. The van der Waals surface area contributed by atoms with Crippen LogP contribution in [-0.2, 0) is 6.61 Å². The molecule has 0 bridgehead atoms. The van der Waals surface area contributed by atoms with E-state index in [2.05, 4.69) is 20.2 Å². The standard InChI is InChI=1S/C22H20N6O3/c29-22(27-11-3-5-21(27)19-4-1-2-10-24-19)20-12-18(31-26-20)13-30-17-8-6-16(7-9-17)28-15-23-14-25-28/h1-2,4,6-10,12,14-15,21H,3,5,11,13H2. The number of amides is 1. The molecule has 1 fully saturated rings. The third-order valence-corrected chi connectivity index (χ3v) is 5.22. The molecule has 0 radical (unpaired) electrons. The number of hydrogen-bond acceptors (Lipinski definition) is 7. The number of likely N-dealkylation sites (tertiary alicyclic amines) is 1. The molecule has 4 heterocycles. The van der Waals surface area contributed by atoms with E-state index in [1.807, 2.05) is 47.4 Å². The molecule has 3 aromatic heterocycles. The molecular formula is C22H20N6O3. The Hall–Kier alpha value is -4.01. The van der Waals surface area contributed by atoms with E-state index in [9.17, 15) is 4.79 Å². The first-order valence-electron chi connectivity index (χ1n) is 10.0. The van der Waals surface area contributed by atoms with E-state index in [-0.39, 0.29) is 24.2 Å². The van der Waals surface area contributed by atoms with Gasteiger partial charge in [0.15, 0.2) is 11.5 Å². The van der Waals surface area contributed by atoms with Crippen LogP contribution in [0.5, 0.6) is 5.75 Å². The SMILES string of the molecule is O=C(c1cc(COc2ccc(-n3cncn3)cc2)on1)N1CCCC1c1ccccn1. The zero-order valence-electron chi connectivity index (χ0n) is 16.7. The highest BCUT2D eigenvalue weighted by Crippen LogP contribution is 2.31. The second-order valence-electron chi connectivity index (χ2n) is 7.21. The topological polar surface area (TPSA) is 99.2 Å². The van der Waals surface area contributed by atoms with Crippen LogP contribution in [0.1, 0.15) is 40.8 Å². The number of benzene rings is 1. The van der Waals surface area contributed by atoms with Crippen molar-refractivity contribution in [1.82, 2.24) is 29.8 Å². The highest BCUT2D eigenvalue weighted by Gasteiger charge is 2.32. The van der Waals surface area contributed by atoms with Crippen molar-refractivity contribution >= 4 is 5.91 Å². The fourth-order valence-electron chi connectivity index (χ4n) is 3.71. The largest absolute Gasteiger partial charge is 0.486 e. The maximum Gasteiger partial charge on any atom is 0.276 e. The number of nitrogens with zero attached hydrogens (tertiary/aromatic N) is 6. The van der Waals surface area contributed by atoms with Gasteiger partial charge < -0.3 is 14.2 Å². The number of rotatable bonds is 6. The zero-order valence-corrected chi connectivity index (χ0v) is 16.7. The molecule has 9 heteroatoms. The van der Waals surface area contributed by atoms with Crippen LogP contribution in [0.4, 0.5) is 0 Å². The highest BCUT2D eigenvalue weighted by molar-refractivity contribution is 5.92. The van der Waals surface area contributed by atoms with Crippen LogP contribution >= 0.6 is 0 Å². The van der Waals surface area contributed by atoms with Crippen LogP contribution in [0.3, 0.4) is 0 Å². The first-order valence-corrected chi connectivity index (χ1v) is 10.0. The smallest absolute Gasteiger partial charge is 0.276 e. The van der Waals surface area contributed by atoms with E-state index in [1.165, 1.54) is 6.33 Å². The van der Waals surface area contributed by atoms with Crippen LogP contribution in [-0.4, -0.2) is 42.3 Å². The van der Waals surface area contributed by atoms with Crippen molar-refractivity contribution in [2.45, 2.75) is 25.5 Å². The third kappa shape index (κ3) is 4.02. The van der Waals surface area contributed by atoms with Gasteiger partial charge >= 0.3 is 0 Å². The molecule has 0 spiro atoms. The first-order chi connectivity index (χ1) is 15.3. The van der Waals surface area contributed by atoms with Crippen molar-refractivity contribution < 1.29 is 14.1 Å². The highest BCUT2D eigenvalue weighted by atomic mass is 16.5. The van der Waals surface area contributed by atoms with E-state index in [4.69, 9.17) is 9.26 Å². The van der Waals surface area contributed by atoms with Crippen LogP contribution < -0.4 is 4.74 Å². The molecule has 4 aromatic rings. The Kier molecular flexibility index (Phi) is 5.14. The van der Waals surface area contributed by atoms with Gasteiger partial charge in [0.2, 0.25) is 0 Å². The number of hydrogen-bond donors (Lipinski definition) is 0. The monoisotopic (exact) mass is 416 g/mol. The minimum Gasteiger partial charge on any atom is -0.486 e. The molecule has 1 saturated heterocycles. The minimum atomic E-state index is -0.152. The Balaban J connectivity index is 1.22. The number of carbonyl (C=O) groups is 1. The molecule has 1 aliphatic heterocycles. The Morgan fingerprint density at radius 2 is 2.10 bits per heavy atom. The molecule has 9 nitrogen and oxygen atoms in total. The third-order valence-electron chi connectivity index (χ3n) is 5.22. The average molecular weight is 416 g/mol. The van der Waals surface area contributed by atoms with Gasteiger partial charge in [-0.25, -0.2) is 9.67 Å². The Morgan fingerprint density at radius 3 is 2.87 bits per heavy atom. The second kappa shape index (κ2) is 8.39. The van der Waals surface area contributed by atoms with Gasteiger partial charge in [0, 0.05) is 18.8 Å². The lowest BCUT2D eigenvalue weighted by atomic mass is 10.1. The molecule has 1 aliphatic rings. The summed E-state index contributed by atoms with van der Waals surface area (Å²) in [6.45, 7) is 0.851. The van der Waals surface area contributed by atoms with Crippen molar-refractivity contribution in [1.29, 1.82) is 0 Å². The lowest BCUT2D eigenvalue weighted by Gasteiger charge is -2.23. The van der Waals surface area contributed by atoms with Gasteiger partial charge in [-0.1, -0.05) is 11.2 Å². The summed E-state index contributed by atoms with van der Waals surface area (Å²) in [4.78, 5) is 23.1. The van der Waals surface area contributed by atoms with Crippen molar-refractivity contribution in [3.63, 3.8) is 0 Å². The van der Waals surface area contributed by atoms with Crippen LogP contribution in [0.2, 0.25) is 0 Å². The van der Waals surface area contributed by atoms with E-state index < -0.39 is 0 Å². The zero-order chi connectivity index (χ0) is 21.0. The second-order valence-corrected chi connectivity index (χ2v) is 7.21. The van der Waals surface area contributed by atoms with Crippen LogP contribution in [0, 0.1) is 0 Å². The number of carbonyl (C=O) groups excluding carboxylic acids is 1. The molecule has 0 saturated carbocycles. The summed E-state index contributed by atoms with van der Waals surface area (Å²) in [7, 11) is 0. The van der Waals surface area contributed by atoms with Gasteiger partial charge in [-0.2, -0.15) is 5.10 Å². The lowest BCUT2D eigenvalue weighted by Crippen LogP contribution is -2.31. The molecule has 1 atom stereocenters. The Morgan fingerprint density at radius 1 is 1.19 bits per heavy atom. The van der Waals surface area contributed by atoms with Crippen molar-refractivity contribution in [3.8, 4) is 11.4 Å². The summed E-state index contributed by atoms with van der Waals surface area (Å²) in [6, 6.07) is 14.8. The number of ether oxygens (including phenoxy) is 1. The number of pyridine rings is 1. The van der Waals surface area contributed by atoms with Gasteiger partial charge in [-0.3, -0.25) is 9.78 Å². The van der Waals surface area contributed by atoms with Crippen molar-refractivity contribution in [3.05, 3.63) is 84.5 Å². The van der Waals surface area contributed by atoms with E-state index >= 15 is 0 Å². The molecule has 1 amide bonds. The molecule has 156 valence electrons. The normalized spacial score (nSPS) is 15.9. The minimum absolute atomic E-state index is 0.0337. The molecule has 0 aliphatic carbocycles. The molecule has 5 rings (SSSR count). The van der Waals surface area contributed by atoms with Gasteiger partial charge in [0.25, 0.3) is 5.91 Å². The van der Waals surface area contributed by atoms with Gasteiger partial charge in [-0.05, 0) is 49.2 Å². The summed E-state index contributed by atoms with van der Waals surface area (Å²) in [5.41, 5.74) is 2.06. The predicted molar refractivity (Wildman–Crippen MR) is 109 cm³/mol. The fraction of sp³-hybridized carbons (Fsp3) is 0.227. The van der Waals surface area contributed by atoms with Gasteiger partial charge in [0.05, 0.1) is 17.4 Å². The lowest BCUT2D eigenvalue weighted by molar-refractivity contribution is 0.0722. The van der Waals surface area contributed by atoms with E-state index in [1.54, 1.807) is 23.3 Å². The molecule has 31 heavy (non-hydrogen) atoms. The summed E-state index contributed by atoms with van der Waals surface area (Å²) in [5.74, 6) is 1.00.